The molecule has 0 saturated heterocycles. The number of nitrogens with one attached hydrogen (secondary N) is 1. The lowest BCUT2D eigenvalue weighted by Crippen LogP contribution is -2.26. The zero-order valence-electron chi connectivity index (χ0n) is 6.71. The minimum absolute atomic E-state index is 0.183. The van der Waals surface area contributed by atoms with E-state index in [9.17, 15) is 4.79 Å². The van der Waals surface area contributed by atoms with Gasteiger partial charge in [-0.1, -0.05) is 0 Å². The lowest BCUT2D eigenvalue weighted by Gasteiger charge is -2.07. The Kier molecular flexibility index (Phi) is 1.43. The van der Waals surface area contributed by atoms with Crippen molar-refractivity contribution >= 4 is 5.91 Å². The van der Waals surface area contributed by atoms with Crippen LogP contribution in [0.2, 0.25) is 0 Å². The minimum Gasteiger partial charge on any atom is -0.369 e. The third-order valence-corrected chi connectivity index (χ3v) is 2.46. The molecule has 64 valence electrons. The van der Waals surface area contributed by atoms with E-state index in [-0.39, 0.29) is 11.3 Å². The molecule has 1 saturated carbocycles. The van der Waals surface area contributed by atoms with Crippen LogP contribution in [0.1, 0.15) is 18.5 Å². The van der Waals surface area contributed by atoms with Crippen molar-refractivity contribution in [1.82, 2.24) is 9.97 Å². The smallest absolute Gasteiger partial charge is 0.224 e. The van der Waals surface area contributed by atoms with Crippen LogP contribution < -0.4 is 5.73 Å². The number of nitrogens with zero attached hydrogens (tertiary/aromatic N) is 1. The highest BCUT2D eigenvalue weighted by Crippen LogP contribution is 2.47. The van der Waals surface area contributed by atoms with Crippen molar-refractivity contribution in [3.05, 3.63) is 18.2 Å². The van der Waals surface area contributed by atoms with Crippen LogP contribution in [-0.4, -0.2) is 15.9 Å². The van der Waals surface area contributed by atoms with E-state index in [1.165, 1.54) is 0 Å². The number of nitrogens with two attached hydrogens (primary N) is 1. The van der Waals surface area contributed by atoms with Crippen LogP contribution >= 0.6 is 0 Å². The normalized spacial score (nSPS) is 19.0. The number of primary amides is 1. The molecule has 1 aromatic heterocycles. The topological polar surface area (TPSA) is 71.8 Å². The van der Waals surface area contributed by atoms with Crippen LogP contribution in [0, 0.1) is 5.41 Å². The summed E-state index contributed by atoms with van der Waals surface area (Å²) in [7, 11) is 0. The third-order valence-electron chi connectivity index (χ3n) is 2.46. The van der Waals surface area contributed by atoms with Crippen LogP contribution in [0.5, 0.6) is 0 Å². The molecule has 1 heterocycles. The maximum atomic E-state index is 11.0. The Balaban J connectivity index is 2.09. The summed E-state index contributed by atoms with van der Waals surface area (Å²) in [6, 6.07) is 0. The number of amides is 1. The van der Waals surface area contributed by atoms with Gasteiger partial charge in [-0.15, -0.1) is 0 Å². The maximum Gasteiger partial charge on any atom is 0.224 e. The standard InChI is InChI=1S/C8H11N3O/c9-7(12)8(1-2-8)3-6-4-10-5-11-6/h4-5H,1-3H2,(H2,9,12)(H,10,11). The largest absolute Gasteiger partial charge is 0.369 e. The number of carbonyl (C=O) groups is 1. The molecule has 0 atom stereocenters. The molecule has 0 aromatic carbocycles. The predicted octanol–water partition coefficient (Wildman–Crippen LogP) is 0.218. The first-order chi connectivity index (χ1) is 5.73. The molecule has 2 rings (SSSR count). The van der Waals surface area contributed by atoms with Crippen molar-refractivity contribution < 1.29 is 4.79 Å². The number of aromatic amines is 1. The fraction of sp³-hybridized carbons (Fsp3) is 0.500. The summed E-state index contributed by atoms with van der Waals surface area (Å²) in [6.45, 7) is 0. The van der Waals surface area contributed by atoms with Crippen LogP contribution in [-0.2, 0) is 11.2 Å². The number of carbonyl (C=O) groups excluding carboxylic acids is 1. The highest BCUT2D eigenvalue weighted by Gasteiger charge is 2.48. The Morgan fingerprint density at radius 1 is 1.75 bits per heavy atom. The molecule has 1 aliphatic rings. The van der Waals surface area contributed by atoms with Crippen molar-refractivity contribution in [1.29, 1.82) is 0 Å². The first-order valence-electron chi connectivity index (χ1n) is 4.00. The van der Waals surface area contributed by atoms with Crippen molar-refractivity contribution in [2.24, 2.45) is 11.1 Å². The van der Waals surface area contributed by atoms with Gasteiger partial charge in [-0.2, -0.15) is 0 Å². The van der Waals surface area contributed by atoms with Gasteiger partial charge < -0.3 is 10.7 Å². The Morgan fingerprint density at radius 2 is 2.50 bits per heavy atom. The van der Waals surface area contributed by atoms with Crippen molar-refractivity contribution in [3.63, 3.8) is 0 Å². The zero-order chi connectivity index (χ0) is 8.60. The van der Waals surface area contributed by atoms with E-state index < -0.39 is 0 Å². The van der Waals surface area contributed by atoms with E-state index in [0.29, 0.717) is 6.42 Å². The van der Waals surface area contributed by atoms with E-state index in [4.69, 9.17) is 5.73 Å². The van der Waals surface area contributed by atoms with Gasteiger partial charge in [-0.3, -0.25) is 4.79 Å². The summed E-state index contributed by atoms with van der Waals surface area (Å²) in [4.78, 5) is 17.9. The Hall–Kier alpha value is -1.32. The van der Waals surface area contributed by atoms with Gasteiger partial charge in [0.2, 0.25) is 5.91 Å². The Labute approximate surface area is 70.2 Å². The fourth-order valence-corrected chi connectivity index (χ4v) is 1.41. The molecule has 0 spiro atoms. The molecule has 0 aliphatic heterocycles. The number of hydrogen-bond acceptors (Lipinski definition) is 2. The van der Waals surface area contributed by atoms with Gasteiger partial charge in [-0.25, -0.2) is 4.98 Å². The van der Waals surface area contributed by atoms with E-state index in [2.05, 4.69) is 9.97 Å². The zero-order valence-corrected chi connectivity index (χ0v) is 6.71. The number of aromatic nitrogens is 2. The average molecular weight is 165 g/mol. The Bertz CT molecular complexity index is 287. The minimum atomic E-state index is -0.257. The van der Waals surface area contributed by atoms with Gasteiger partial charge in [0.25, 0.3) is 0 Å². The highest BCUT2D eigenvalue weighted by molar-refractivity contribution is 5.83. The van der Waals surface area contributed by atoms with Gasteiger partial charge in [0, 0.05) is 18.3 Å². The third kappa shape index (κ3) is 1.09. The molecule has 4 nitrogen and oxygen atoms in total. The van der Waals surface area contributed by atoms with Crippen LogP contribution in [0.25, 0.3) is 0 Å². The van der Waals surface area contributed by atoms with E-state index in [0.717, 1.165) is 18.5 Å². The molecule has 12 heavy (non-hydrogen) atoms. The van der Waals surface area contributed by atoms with Crippen LogP contribution in [0.4, 0.5) is 0 Å². The predicted molar refractivity (Wildman–Crippen MR) is 43.2 cm³/mol. The molecule has 1 fully saturated rings. The summed E-state index contributed by atoms with van der Waals surface area (Å²) in [5, 5.41) is 0. The number of imidazole rings is 1. The van der Waals surface area contributed by atoms with Crippen molar-refractivity contribution in [3.8, 4) is 0 Å². The lowest BCUT2D eigenvalue weighted by molar-refractivity contribution is -0.123. The van der Waals surface area contributed by atoms with Gasteiger partial charge >= 0.3 is 0 Å². The van der Waals surface area contributed by atoms with E-state index in [1.54, 1.807) is 12.5 Å². The molecule has 1 aromatic rings. The summed E-state index contributed by atoms with van der Waals surface area (Å²) >= 11 is 0. The van der Waals surface area contributed by atoms with E-state index in [1.807, 2.05) is 0 Å². The molecular formula is C8H11N3O. The quantitative estimate of drug-likeness (QED) is 0.672. The maximum absolute atomic E-state index is 11.0. The molecule has 1 amide bonds. The van der Waals surface area contributed by atoms with Gasteiger partial charge in [0.1, 0.15) is 0 Å². The summed E-state index contributed by atoms with van der Waals surface area (Å²) in [5.41, 5.74) is 6.01. The molecular weight excluding hydrogens is 154 g/mol. The fourth-order valence-electron chi connectivity index (χ4n) is 1.41. The molecule has 0 unspecified atom stereocenters. The molecule has 0 bridgehead atoms. The van der Waals surface area contributed by atoms with Gasteiger partial charge in [0.15, 0.2) is 0 Å². The summed E-state index contributed by atoms with van der Waals surface area (Å²) < 4.78 is 0. The Morgan fingerprint density at radius 3 is 2.92 bits per heavy atom. The number of H-pyrrole nitrogens is 1. The van der Waals surface area contributed by atoms with Crippen molar-refractivity contribution in [2.75, 3.05) is 0 Å². The number of rotatable bonds is 3. The first-order valence-corrected chi connectivity index (χ1v) is 4.00. The van der Waals surface area contributed by atoms with Crippen molar-refractivity contribution in [2.45, 2.75) is 19.3 Å². The second kappa shape index (κ2) is 2.33. The second-order valence-electron chi connectivity index (χ2n) is 3.40. The first kappa shape index (κ1) is 7.34. The van der Waals surface area contributed by atoms with Crippen LogP contribution in [0.3, 0.4) is 0 Å². The highest BCUT2D eigenvalue weighted by atomic mass is 16.1. The number of hydrogen-bond donors (Lipinski definition) is 2. The molecule has 1 aliphatic carbocycles. The molecule has 3 N–H and O–H groups in total. The summed E-state index contributed by atoms with van der Waals surface area (Å²) in [6.07, 6.45) is 5.90. The van der Waals surface area contributed by atoms with Gasteiger partial charge in [0.05, 0.1) is 11.7 Å². The van der Waals surface area contributed by atoms with Crippen LogP contribution in [0.15, 0.2) is 12.5 Å². The summed E-state index contributed by atoms with van der Waals surface area (Å²) in [5.74, 6) is -0.183. The molecule has 4 heteroatoms. The van der Waals surface area contributed by atoms with E-state index >= 15 is 0 Å². The van der Waals surface area contributed by atoms with Gasteiger partial charge in [-0.05, 0) is 12.8 Å². The lowest BCUT2D eigenvalue weighted by atomic mass is 10.0. The second-order valence-corrected chi connectivity index (χ2v) is 3.40. The molecule has 0 radical (unpaired) electrons. The SMILES string of the molecule is NC(=O)C1(Cc2cnc[nH]2)CC1. The average Bonchev–Trinajstić information content (AvgIpc) is 2.60. The monoisotopic (exact) mass is 165 g/mol.